The first-order chi connectivity index (χ1) is 14.4. The van der Waals surface area contributed by atoms with E-state index in [1.54, 1.807) is 24.3 Å². The Hall–Kier alpha value is -1.77. The number of fused-ring (bicyclic) bond motifs is 1. The average Bonchev–Trinajstić information content (AvgIpc) is 2.73. The lowest BCUT2D eigenvalue weighted by molar-refractivity contribution is 0.0165. The highest BCUT2D eigenvalue weighted by Crippen LogP contribution is 2.32. The second-order valence-electron chi connectivity index (χ2n) is 8.37. The predicted molar refractivity (Wildman–Crippen MR) is 117 cm³/mol. The third-order valence-corrected chi connectivity index (χ3v) is 7.47. The van der Waals surface area contributed by atoms with Crippen molar-refractivity contribution in [1.82, 2.24) is 15.2 Å². The minimum absolute atomic E-state index is 0.0392. The Kier molecular flexibility index (Phi) is 6.55. The van der Waals surface area contributed by atoms with Crippen LogP contribution in [0.25, 0.3) is 0 Å². The predicted octanol–water partition coefficient (Wildman–Crippen LogP) is 3.02. The zero-order chi connectivity index (χ0) is 21.1. The fraction of sp³-hybridized carbons (Fsp3) is 0.478. The molecule has 2 unspecified atom stereocenters. The zero-order valence-electron chi connectivity index (χ0n) is 17.6. The molecule has 2 N–H and O–H groups in total. The minimum Gasteiger partial charge on any atom is -0.373 e. The summed E-state index contributed by atoms with van der Waals surface area (Å²) >= 11 is 0. The van der Waals surface area contributed by atoms with Crippen LogP contribution in [0.5, 0.6) is 0 Å². The van der Waals surface area contributed by atoms with Crippen molar-refractivity contribution in [3.8, 4) is 0 Å². The van der Waals surface area contributed by atoms with Gasteiger partial charge in [0.1, 0.15) is 0 Å². The van der Waals surface area contributed by atoms with E-state index in [-0.39, 0.29) is 29.1 Å². The number of benzene rings is 2. The number of rotatable bonds is 6. The van der Waals surface area contributed by atoms with E-state index < -0.39 is 10.0 Å². The van der Waals surface area contributed by atoms with Gasteiger partial charge >= 0.3 is 0 Å². The summed E-state index contributed by atoms with van der Waals surface area (Å²) in [5, 5.41) is 5.48. The van der Waals surface area contributed by atoms with E-state index in [9.17, 15) is 8.42 Å². The van der Waals surface area contributed by atoms with E-state index in [1.807, 2.05) is 11.1 Å². The van der Waals surface area contributed by atoms with Crippen molar-refractivity contribution >= 4 is 10.0 Å². The third kappa shape index (κ3) is 4.76. The SMILES string of the molecule is CC1CN(NS(=O)(=O)c2ccccc2)[C@H](CCC2OCCc3ccccc32)[C@H](C)N1. The molecule has 2 aliphatic rings. The number of hydrazine groups is 1. The molecule has 0 aromatic heterocycles. The molecule has 0 saturated carbocycles. The molecule has 2 aliphatic heterocycles. The third-order valence-electron chi connectivity index (χ3n) is 6.10. The van der Waals surface area contributed by atoms with E-state index in [2.05, 4.69) is 48.3 Å². The summed E-state index contributed by atoms with van der Waals surface area (Å²) in [6.45, 7) is 5.56. The van der Waals surface area contributed by atoms with Crippen LogP contribution in [0.4, 0.5) is 0 Å². The minimum atomic E-state index is -3.61. The van der Waals surface area contributed by atoms with Gasteiger partial charge < -0.3 is 10.1 Å². The van der Waals surface area contributed by atoms with Crippen LogP contribution in [-0.4, -0.2) is 44.7 Å². The van der Waals surface area contributed by atoms with Gasteiger partial charge in [-0.15, -0.1) is 4.83 Å². The highest BCUT2D eigenvalue weighted by molar-refractivity contribution is 7.89. The molecule has 2 heterocycles. The fourth-order valence-electron chi connectivity index (χ4n) is 4.67. The second-order valence-corrected chi connectivity index (χ2v) is 10.0. The first kappa shape index (κ1) is 21.5. The molecule has 0 bridgehead atoms. The monoisotopic (exact) mass is 429 g/mol. The van der Waals surface area contributed by atoms with E-state index in [0.717, 1.165) is 25.9 Å². The Balaban J connectivity index is 1.49. The summed E-state index contributed by atoms with van der Waals surface area (Å²) in [4.78, 5) is 3.14. The second kappa shape index (κ2) is 9.16. The first-order valence-corrected chi connectivity index (χ1v) is 12.2. The molecule has 0 spiro atoms. The highest BCUT2D eigenvalue weighted by atomic mass is 32.2. The normalized spacial score (nSPS) is 27.5. The number of nitrogens with one attached hydrogen (secondary N) is 2. The van der Waals surface area contributed by atoms with Crippen LogP contribution in [-0.2, 0) is 21.2 Å². The Morgan fingerprint density at radius 2 is 1.80 bits per heavy atom. The summed E-state index contributed by atoms with van der Waals surface area (Å²) < 4.78 is 31.9. The summed E-state index contributed by atoms with van der Waals surface area (Å²) in [5.41, 5.74) is 2.63. The standard InChI is InChI=1S/C23H31N3O3S/c1-17-16-26(25-30(27,28)20-9-4-3-5-10-20)22(18(2)24-17)12-13-23-21-11-7-6-8-19(21)14-15-29-23/h3-11,17-18,22-25H,12-16H2,1-2H3/t17?,18-,22+,23?/m0/s1. The Labute approximate surface area is 179 Å². The van der Waals surface area contributed by atoms with E-state index in [0.29, 0.717) is 6.54 Å². The van der Waals surface area contributed by atoms with Gasteiger partial charge in [-0.3, -0.25) is 0 Å². The van der Waals surface area contributed by atoms with Crippen LogP contribution < -0.4 is 10.1 Å². The first-order valence-electron chi connectivity index (χ1n) is 10.7. The Morgan fingerprint density at radius 3 is 2.60 bits per heavy atom. The van der Waals surface area contributed by atoms with Gasteiger partial charge in [0.25, 0.3) is 10.0 Å². The Bertz CT molecular complexity index is 951. The molecule has 2 aromatic carbocycles. The van der Waals surface area contributed by atoms with Gasteiger partial charge in [-0.1, -0.05) is 42.5 Å². The average molecular weight is 430 g/mol. The molecule has 0 amide bonds. The maximum absolute atomic E-state index is 12.9. The van der Waals surface area contributed by atoms with Crippen molar-refractivity contribution < 1.29 is 13.2 Å². The molecule has 1 fully saturated rings. The molecular weight excluding hydrogens is 398 g/mol. The van der Waals surface area contributed by atoms with Gasteiger partial charge in [-0.05, 0) is 56.4 Å². The lowest BCUT2D eigenvalue weighted by atomic mass is 9.91. The molecular formula is C23H31N3O3S. The van der Waals surface area contributed by atoms with Crippen molar-refractivity contribution in [2.45, 2.75) is 62.2 Å². The van der Waals surface area contributed by atoms with Crippen molar-refractivity contribution in [3.63, 3.8) is 0 Å². The molecule has 6 nitrogen and oxygen atoms in total. The molecule has 0 radical (unpaired) electrons. The van der Waals surface area contributed by atoms with Crippen LogP contribution in [0, 0.1) is 0 Å². The quantitative estimate of drug-likeness (QED) is 0.739. The van der Waals surface area contributed by atoms with Gasteiger partial charge in [-0.2, -0.15) is 0 Å². The molecule has 0 aliphatic carbocycles. The van der Waals surface area contributed by atoms with Crippen LogP contribution in [0.15, 0.2) is 59.5 Å². The summed E-state index contributed by atoms with van der Waals surface area (Å²) in [7, 11) is -3.61. The van der Waals surface area contributed by atoms with Crippen molar-refractivity contribution in [2.75, 3.05) is 13.2 Å². The number of piperazine rings is 1. The maximum Gasteiger partial charge on any atom is 0.253 e. The largest absolute Gasteiger partial charge is 0.373 e. The molecule has 162 valence electrons. The van der Waals surface area contributed by atoms with Crippen LogP contribution in [0.1, 0.15) is 43.9 Å². The number of ether oxygens (including phenoxy) is 1. The van der Waals surface area contributed by atoms with Gasteiger partial charge in [-0.25, -0.2) is 13.4 Å². The lowest BCUT2D eigenvalue weighted by Crippen LogP contribution is -2.64. The number of hydrogen-bond acceptors (Lipinski definition) is 5. The number of nitrogens with zero attached hydrogens (tertiary/aromatic N) is 1. The van der Waals surface area contributed by atoms with Crippen LogP contribution in [0.3, 0.4) is 0 Å². The lowest BCUT2D eigenvalue weighted by Gasteiger charge is -2.43. The summed E-state index contributed by atoms with van der Waals surface area (Å²) in [5.74, 6) is 0. The van der Waals surface area contributed by atoms with Gasteiger partial charge in [0, 0.05) is 24.7 Å². The van der Waals surface area contributed by atoms with Crippen molar-refractivity contribution in [1.29, 1.82) is 0 Å². The molecule has 4 rings (SSSR count). The van der Waals surface area contributed by atoms with Crippen molar-refractivity contribution in [2.24, 2.45) is 0 Å². The molecule has 30 heavy (non-hydrogen) atoms. The smallest absolute Gasteiger partial charge is 0.253 e. The zero-order valence-corrected chi connectivity index (χ0v) is 18.4. The highest BCUT2D eigenvalue weighted by Gasteiger charge is 2.35. The van der Waals surface area contributed by atoms with Gasteiger partial charge in [0.15, 0.2) is 0 Å². The van der Waals surface area contributed by atoms with Gasteiger partial charge in [0.2, 0.25) is 0 Å². The molecule has 2 aromatic rings. The van der Waals surface area contributed by atoms with Crippen molar-refractivity contribution in [3.05, 3.63) is 65.7 Å². The van der Waals surface area contributed by atoms with Crippen LogP contribution in [0.2, 0.25) is 0 Å². The summed E-state index contributed by atoms with van der Waals surface area (Å²) in [6, 6.07) is 17.4. The summed E-state index contributed by atoms with van der Waals surface area (Å²) in [6.07, 6.45) is 2.70. The molecule has 7 heteroatoms. The van der Waals surface area contributed by atoms with Gasteiger partial charge in [0.05, 0.1) is 17.6 Å². The molecule has 1 saturated heterocycles. The number of hydrogen-bond donors (Lipinski definition) is 2. The topological polar surface area (TPSA) is 70.7 Å². The number of sulfonamides is 1. The van der Waals surface area contributed by atoms with E-state index >= 15 is 0 Å². The van der Waals surface area contributed by atoms with Crippen LogP contribution >= 0.6 is 0 Å². The van der Waals surface area contributed by atoms with E-state index in [4.69, 9.17) is 4.74 Å². The van der Waals surface area contributed by atoms with E-state index in [1.165, 1.54) is 11.1 Å². The maximum atomic E-state index is 12.9. The fourth-order valence-corrected chi connectivity index (χ4v) is 5.81. The molecule has 4 atom stereocenters. The Morgan fingerprint density at radius 1 is 1.07 bits per heavy atom.